The summed E-state index contributed by atoms with van der Waals surface area (Å²) in [5, 5.41) is 21.4. The van der Waals surface area contributed by atoms with Crippen LogP contribution in [0.2, 0.25) is 0 Å². The molecule has 0 spiro atoms. The Morgan fingerprint density at radius 3 is 2.80 bits per heavy atom. The van der Waals surface area contributed by atoms with Crippen molar-refractivity contribution < 1.29 is 9.72 Å². The summed E-state index contributed by atoms with van der Waals surface area (Å²) in [7, 11) is 0. The third kappa shape index (κ3) is 3.05. The highest BCUT2D eigenvalue weighted by molar-refractivity contribution is 5.94. The smallest absolute Gasteiger partial charge is 0.293 e. The Labute approximate surface area is 113 Å². The van der Waals surface area contributed by atoms with Crippen molar-refractivity contribution in [3.8, 4) is 0 Å². The number of primary amides is 1. The second-order valence-corrected chi connectivity index (χ2v) is 3.92. The maximum absolute atomic E-state index is 11.0. The van der Waals surface area contributed by atoms with Crippen molar-refractivity contribution >= 4 is 17.3 Å². The molecule has 0 fully saturated rings. The lowest BCUT2D eigenvalue weighted by atomic mass is 10.1. The number of nitrogens with zero attached hydrogens (tertiary/aromatic N) is 3. The number of amides is 1. The molecule has 0 aliphatic carbocycles. The predicted molar refractivity (Wildman–Crippen MR) is 71.0 cm³/mol. The van der Waals surface area contributed by atoms with Gasteiger partial charge in [-0.25, -0.2) is 0 Å². The van der Waals surface area contributed by atoms with Gasteiger partial charge < -0.3 is 11.1 Å². The number of rotatable bonds is 5. The minimum Gasteiger partial charge on any atom is -0.374 e. The number of carbonyl (C=O) groups is 1. The number of carbonyl (C=O) groups excluding carboxylic acids is 1. The molecular weight excluding hydrogens is 262 g/mol. The number of hydrogen-bond acceptors (Lipinski definition) is 6. The van der Waals surface area contributed by atoms with Gasteiger partial charge in [0, 0.05) is 17.8 Å². The Bertz CT molecular complexity index is 645. The van der Waals surface area contributed by atoms with E-state index in [1.165, 1.54) is 18.3 Å². The molecule has 20 heavy (non-hydrogen) atoms. The molecule has 102 valence electrons. The van der Waals surface area contributed by atoms with Gasteiger partial charge in [0.25, 0.3) is 5.69 Å². The first-order valence-electron chi connectivity index (χ1n) is 5.66. The van der Waals surface area contributed by atoms with E-state index in [0.29, 0.717) is 5.69 Å². The van der Waals surface area contributed by atoms with E-state index in [1.807, 2.05) is 0 Å². The van der Waals surface area contributed by atoms with Crippen molar-refractivity contribution in [2.45, 2.75) is 6.54 Å². The molecule has 0 aliphatic rings. The highest BCUT2D eigenvalue weighted by atomic mass is 16.6. The third-order valence-corrected chi connectivity index (χ3v) is 2.57. The average molecular weight is 273 g/mol. The maximum Gasteiger partial charge on any atom is 0.293 e. The van der Waals surface area contributed by atoms with Crippen LogP contribution in [0.5, 0.6) is 0 Å². The highest BCUT2D eigenvalue weighted by Crippen LogP contribution is 2.25. The van der Waals surface area contributed by atoms with Gasteiger partial charge >= 0.3 is 0 Å². The lowest BCUT2D eigenvalue weighted by Crippen LogP contribution is -2.12. The van der Waals surface area contributed by atoms with Gasteiger partial charge in [-0.15, -0.1) is 0 Å². The van der Waals surface area contributed by atoms with E-state index in [9.17, 15) is 14.9 Å². The standard InChI is InChI=1S/C12H11N5O3/c13-12(18)8-3-4-10(11(6-8)17(19)20)14-7-9-2-1-5-15-16-9/h1-6,14H,7H2,(H2,13,18). The first-order valence-corrected chi connectivity index (χ1v) is 5.66. The molecule has 8 nitrogen and oxygen atoms in total. The van der Waals surface area contributed by atoms with Gasteiger partial charge in [0.15, 0.2) is 0 Å². The number of anilines is 1. The second kappa shape index (κ2) is 5.74. The molecule has 2 rings (SSSR count). The Morgan fingerprint density at radius 2 is 2.20 bits per heavy atom. The minimum atomic E-state index is -0.714. The van der Waals surface area contributed by atoms with Crippen LogP contribution in [0.1, 0.15) is 16.1 Å². The molecular formula is C12H11N5O3. The van der Waals surface area contributed by atoms with Crippen molar-refractivity contribution in [1.82, 2.24) is 10.2 Å². The molecule has 0 radical (unpaired) electrons. The van der Waals surface area contributed by atoms with Crippen molar-refractivity contribution in [3.63, 3.8) is 0 Å². The maximum atomic E-state index is 11.0. The van der Waals surface area contributed by atoms with Crippen LogP contribution in [0, 0.1) is 10.1 Å². The van der Waals surface area contributed by atoms with Crippen molar-refractivity contribution in [1.29, 1.82) is 0 Å². The van der Waals surface area contributed by atoms with Crippen molar-refractivity contribution in [2.24, 2.45) is 5.73 Å². The van der Waals surface area contributed by atoms with E-state index in [0.717, 1.165) is 6.07 Å². The number of nitro benzene ring substituents is 1. The molecule has 0 bridgehead atoms. The van der Waals surface area contributed by atoms with E-state index in [-0.39, 0.29) is 23.5 Å². The first kappa shape index (κ1) is 13.4. The Kier molecular flexibility index (Phi) is 3.85. The van der Waals surface area contributed by atoms with Gasteiger partial charge in [0.05, 0.1) is 17.2 Å². The van der Waals surface area contributed by atoms with E-state index in [4.69, 9.17) is 5.73 Å². The monoisotopic (exact) mass is 273 g/mol. The molecule has 1 aromatic heterocycles. The summed E-state index contributed by atoms with van der Waals surface area (Å²) in [6, 6.07) is 7.46. The minimum absolute atomic E-state index is 0.0850. The molecule has 0 saturated heterocycles. The van der Waals surface area contributed by atoms with Gasteiger partial charge in [0.1, 0.15) is 5.69 Å². The number of benzene rings is 1. The van der Waals surface area contributed by atoms with Crippen LogP contribution < -0.4 is 11.1 Å². The fourth-order valence-corrected chi connectivity index (χ4v) is 1.60. The Morgan fingerprint density at radius 1 is 1.40 bits per heavy atom. The zero-order valence-corrected chi connectivity index (χ0v) is 10.3. The van der Waals surface area contributed by atoms with E-state index < -0.39 is 10.8 Å². The van der Waals surface area contributed by atoms with Crippen LogP contribution in [-0.2, 0) is 6.54 Å². The number of nitrogens with two attached hydrogens (primary N) is 1. The molecule has 3 N–H and O–H groups in total. The van der Waals surface area contributed by atoms with Crippen LogP contribution in [0.3, 0.4) is 0 Å². The van der Waals surface area contributed by atoms with Crippen molar-refractivity contribution in [3.05, 3.63) is 57.9 Å². The fourth-order valence-electron chi connectivity index (χ4n) is 1.60. The lowest BCUT2D eigenvalue weighted by Gasteiger charge is -2.07. The molecule has 1 amide bonds. The topological polar surface area (TPSA) is 124 Å². The van der Waals surface area contributed by atoms with Gasteiger partial charge in [-0.3, -0.25) is 14.9 Å². The SMILES string of the molecule is NC(=O)c1ccc(NCc2cccnn2)c([N+](=O)[O-])c1. The lowest BCUT2D eigenvalue weighted by molar-refractivity contribution is -0.384. The zero-order valence-electron chi connectivity index (χ0n) is 10.3. The van der Waals surface area contributed by atoms with Crippen LogP contribution in [-0.4, -0.2) is 21.0 Å². The Hall–Kier alpha value is -3.03. The summed E-state index contributed by atoms with van der Waals surface area (Å²) in [5.74, 6) is -0.714. The van der Waals surface area contributed by atoms with E-state index in [1.54, 1.807) is 12.1 Å². The fraction of sp³-hybridized carbons (Fsp3) is 0.0833. The van der Waals surface area contributed by atoms with E-state index >= 15 is 0 Å². The predicted octanol–water partition coefficient (Wildman–Crippen LogP) is 1.10. The molecule has 1 heterocycles. The summed E-state index contributed by atoms with van der Waals surface area (Å²) in [5.41, 5.74) is 5.89. The Balaban J connectivity index is 2.23. The van der Waals surface area contributed by atoms with Gasteiger partial charge in [-0.2, -0.15) is 10.2 Å². The molecule has 0 atom stereocenters. The highest BCUT2D eigenvalue weighted by Gasteiger charge is 2.16. The number of nitrogens with one attached hydrogen (secondary N) is 1. The van der Waals surface area contributed by atoms with Gasteiger partial charge in [-0.05, 0) is 24.3 Å². The summed E-state index contributed by atoms with van der Waals surface area (Å²) in [6.45, 7) is 0.282. The number of hydrogen-bond donors (Lipinski definition) is 2. The molecule has 0 unspecified atom stereocenters. The summed E-state index contributed by atoms with van der Waals surface area (Å²) >= 11 is 0. The zero-order chi connectivity index (χ0) is 14.5. The quantitative estimate of drug-likeness (QED) is 0.620. The molecule has 1 aromatic carbocycles. The van der Waals surface area contributed by atoms with Gasteiger partial charge in [0.2, 0.25) is 5.91 Å². The molecule has 0 saturated carbocycles. The third-order valence-electron chi connectivity index (χ3n) is 2.57. The van der Waals surface area contributed by atoms with Crippen molar-refractivity contribution in [2.75, 3.05) is 5.32 Å². The largest absolute Gasteiger partial charge is 0.374 e. The molecule has 8 heteroatoms. The molecule has 0 aliphatic heterocycles. The number of aromatic nitrogens is 2. The first-order chi connectivity index (χ1) is 9.58. The van der Waals surface area contributed by atoms with Gasteiger partial charge in [-0.1, -0.05) is 0 Å². The number of nitro groups is 1. The summed E-state index contributed by atoms with van der Waals surface area (Å²) in [4.78, 5) is 21.4. The average Bonchev–Trinajstić information content (AvgIpc) is 2.45. The normalized spacial score (nSPS) is 10.0. The van der Waals surface area contributed by atoms with Crippen LogP contribution in [0.25, 0.3) is 0 Å². The second-order valence-electron chi connectivity index (χ2n) is 3.92. The van der Waals surface area contributed by atoms with Crippen LogP contribution >= 0.6 is 0 Å². The van der Waals surface area contributed by atoms with Crippen LogP contribution in [0.4, 0.5) is 11.4 Å². The van der Waals surface area contributed by atoms with Crippen LogP contribution in [0.15, 0.2) is 36.5 Å². The van der Waals surface area contributed by atoms with E-state index in [2.05, 4.69) is 15.5 Å². The summed E-state index contributed by atoms with van der Waals surface area (Å²) in [6.07, 6.45) is 1.54. The summed E-state index contributed by atoms with van der Waals surface area (Å²) < 4.78 is 0. The molecule has 2 aromatic rings.